The predicted octanol–water partition coefficient (Wildman–Crippen LogP) is 1.97. The number of aromatic amines is 1. The first-order valence-corrected chi connectivity index (χ1v) is 6.78. The molecule has 1 heterocycles. The highest BCUT2D eigenvalue weighted by Gasteiger charge is 2.12. The zero-order valence-electron chi connectivity index (χ0n) is 12.3. The fraction of sp³-hybridized carbons (Fsp3) is 0.286. The summed E-state index contributed by atoms with van der Waals surface area (Å²) in [7, 11) is 3.14. The van der Waals surface area contributed by atoms with Gasteiger partial charge in [0, 0.05) is 30.8 Å². The molecule has 0 bridgehead atoms. The Balaban J connectivity index is 0.00000242. The Hall–Kier alpha value is -1.83. The van der Waals surface area contributed by atoms with Gasteiger partial charge in [0.2, 0.25) is 0 Å². The average Bonchev–Trinajstić information content (AvgIpc) is 2.49. The van der Waals surface area contributed by atoms with Crippen molar-refractivity contribution in [3.8, 4) is 22.8 Å². The van der Waals surface area contributed by atoms with Crippen LogP contribution in [0, 0.1) is 4.77 Å². The van der Waals surface area contributed by atoms with Crippen molar-refractivity contribution in [1.29, 1.82) is 0 Å². The summed E-state index contributed by atoms with van der Waals surface area (Å²) in [5.74, 6) is 1.27. The number of benzene rings is 1. The molecule has 0 fully saturated rings. The first-order valence-electron chi connectivity index (χ1n) is 6.37. The van der Waals surface area contributed by atoms with Crippen LogP contribution in [0.1, 0.15) is 0 Å². The summed E-state index contributed by atoms with van der Waals surface area (Å²) in [6, 6.07) is 6.87. The summed E-state index contributed by atoms with van der Waals surface area (Å²) in [6.45, 7) is 0.909. The van der Waals surface area contributed by atoms with Crippen LogP contribution >= 0.6 is 24.6 Å². The van der Waals surface area contributed by atoms with Gasteiger partial charge in [-0.3, -0.25) is 9.78 Å². The molecule has 22 heavy (non-hydrogen) atoms. The Morgan fingerprint density at radius 1 is 1.27 bits per heavy atom. The van der Waals surface area contributed by atoms with Crippen LogP contribution in [-0.4, -0.2) is 30.3 Å². The quantitative estimate of drug-likeness (QED) is 0.811. The van der Waals surface area contributed by atoms with E-state index in [1.54, 1.807) is 30.9 Å². The third-order valence-corrected chi connectivity index (χ3v) is 3.39. The van der Waals surface area contributed by atoms with Gasteiger partial charge < -0.3 is 19.8 Å². The van der Waals surface area contributed by atoms with Crippen molar-refractivity contribution in [2.75, 3.05) is 20.8 Å². The van der Waals surface area contributed by atoms with E-state index < -0.39 is 0 Å². The molecule has 0 saturated carbocycles. The number of nitrogens with two attached hydrogens (primary N) is 1. The van der Waals surface area contributed by atoms with E-state index in [0.717, 1.165) is 5.56 Å². The number of aromatic nitrogens is 2. The Kier molecular flexibility index (Phi) is 6.61. The molecule has 0 saturated heterocycles. The minimum absolute atomic E-state index is 0. The predicted molar refractivity (Wildman–Crippen MR) is 90.7 cm³/mol. The van der Waals surface area contributed by atoms with E-state index in [0.29, 0.717) is 35.1 Å². The fourth-order valence-corrected chi connectivity index (χ4v) is 2.40. The van der Waals surface area contributed by atoms with Gasteiger partial charge in [-0.1, -0.05) is 0 Å². The Morgan fingerprint density at radius 3 is 2.59 bits per heavy atom. The SMILES string of the molecule is COc1ccc(-c2cc(=O)[nH]c(=S)n2CCN)c(OC)c1.Cl. The molecule has 1 aromatic heterocycles. The number of rotatable bonds is 5. The topological polar surface area (TPSA) is 82.3 Å². The molecule has 0 amide bonds. The fourth-order valence-electron chi connectivity index (χ4n) is 2.10. The molecule has 6 nitrogen and oxygen atoms in total. The maximum absolute atomic E-state index is 11.7. The zero-order valence-corrected chi connectivity index (χ0v) is 13.9. The third kappa shape index (κ3) is 3.68. The minimum atomic E-state index is -0.263. The second-order valence-electron chi connectivity index (χ2n) is 4.33. The van der Waals surface area contributed by atoms with Gasteiger partial charge >= 0.3 is 0 Å². The van der Waals surface area contributed by atoms with E-state index in [2.05, 4.69) is 4.98 Å². The van der Waals surface area contributed by atoms with Crippen LogP contribution < -0.4 is 20.8 Å². The van der Waals surface area contributed by atoms with Crippen molar-refractivity contribution in [2.45, 2.75) is 6.54 Å². The molecule has 0 atom stereocenters. The number of ether oxygens (including phenoxy) is 2. The Morgan fingerprint density at radius 2 is 2.00 bits per heavy atom. The summed E-state index contributed by atoms with van der Waals surface area (Å²) in [6.07, 6.45) is 0. The van der Waals surface area contributed by atoms with Gasteiger partial charge in [0.25, 0.3) is 5.56 Å². The van der Waals surface area contributed by atoms with Crippen molar-refractivity contribution in [3.05, 3.63) is 39.4 Å². The van der Waals surface area contributed by atoms with Gasteiger partial charge in [-0.25, -0.2) is 0 Å². The van der Waals surface area contributed by atoms with Crippen molar-refractivity contribution in [3.63, 3.8) is 0 Å². The van der Waals surface area contributed by atoms with Gasteiger partial charge in [-0.05, 0) is 24.4 Å². The Bertz CT molecular complexity index is 758. The summed E-state index contributed by atoms with van der Waals surface area (Å²) >= 11 is 5.21. The summed E-state index contributed by atoms with van der Waals surface area (Å²) in [5.41, 5.74) is 6.77. The van der Waals surface area contributed by atoms with Gasteiger partial charge in [0.05, 0.1) is 19.9 Å². The lowest BCUT2D eigenvalue weighted by atomic mass is 10.1. The zero-order chi connectivity index (χ0) is 15.4. The number of hydrogen-bond donors (Lipinski definition) is 2. The molecule has 0 aliphatic rings. The number of halogens is 1. The van der Waals surface area contributed by atoms with E-state index in [9.17, 15) is 4.79 Å². The number of nitrogens with one attached hydrogen (secondary N) is 1. The van der Waals surface area contributed by atoms with Gasteiger partial charge in [0.1, 0.15) is 11.5 Å². The van der Waals surface area contributed by atoms with Gasteiger partial charge in [0.15, 0.2) is 4.77 Å². The molecule has 120 valence electrons. The van der Waals surface area contributed by atoms with Crippen molar-refractivity contribution in [1.82, 2.24) is 9.55 Å². The van der Waals surface area contributed by atoms with Crippen LogP contribution in [0.3, 0.4) is 0 Å². The molecular weight excluding hydrogens is 326 g/mol. The highest BCUT2D eigenvalue weighted by Crippen LogP contribution is 2.32. The second kappa shape index (κ2) is 7.98. The highest BCUT2D eigenvalue weighted by molar-refractivity contribution is 7.71. The van der Waals surface area contributed by atoms with Crippen molar-refractivity contribution >= 4 is 24.6 Å². The molecule has 0 aliphatic carbocycles. The smallest absolute Gasteiger partial charge is 0.252 e. The molecule has 2 rings (SSSR count). The van der Waals surface area contributed by atoms with Gasteiger partial charge in [-0.2, -0.15) is 0 Å². The summed E-state index contributed by atoms with van der Waals surface area (Å²) in [4.78, 5) is 14.3. The van der Waals surface area contributed by atoms with Crippen LogP contribution in [0.5, 0.6) is 11.5 Å². The van der Waals surface area contributed by atoms with Crippen LogP contribution in [0.2, 0.25) is 0 Å². The first kappa shape index (κ1) is 18.2. The van der Waals surface area contributed by atoms with Crippen LogP contribution in [0.25, 0.3) is 11.3 Å². The Labute approximate surface area is 139 Å². The lowest BCUT2D eigenvalue weighted by molar-refractivity contribution is 0.395. The molecule has 1 aromatic carbocycles. The monoisotopic (exact) mass is 343 g/mol. The lowest BCUT2D eigenvalue weighted by Gasteiger charge is -2.15. The minimum Gasteiger partial charge on any atom is -0.497 e. The molecule has 0 aliphatic heterocycles. The lowest BCUT2D eigenvalue weighted by Crippen LogP contribution is -2.19. The van der Waals surface area contributed by atoms with E-state index in [1.807, 2.05) is 6.07 Å². The molecule has 0 radical (unpaired) electrons. The maximum atomic E-state index is 11.7. The number of methoxy groups -OCH3 is 2. The highest BCUT2D eigenvalue weighted by atomic mass is 35.5. The number of nitrogens with zero attached hydrogens (tertiary/aromatic N) is 1. The largest absolute Gasteiger partial charge is 0.497 e. The van der Waals surface area contributed by atoms with Crippen LogP contribution in [0.4, 0.5) is 0 Å². The van der Waals surface area contributed by atoms with Crippen molar-refractivity contribution < 1.29 is 9.47 Å². The van der Waals surface area contributed by atoms with E-state index in [1.165, 1.54) is 6.07 Å². The molecule has 2 aromatic rings. The summed E-state index contributed by atoms with van der Waals surface area (Å²) < 4.78 is 12.7. The maximum Gasteiger partial charge on any atom is 0.252 e. The van der Waals surface area contributed by atoms with E-state index in [-0.39, 0.29) is 18.0 Å². The summed E-state index contributed by atoms with van der Waals surface area (Å²) in [5, 5.41) is 0. The van der Waals surface area contributed by atoms with Crippen LogP contribution in [-0.2, 0) is 6.54 Å². The third-order valence-electron chi connectivity index (χ3n) is 3.07. The molecular formula is C14H18ClN3O3S. The molecule has 3 N–H and O–H groups in total. The first-order chi connectivity index (χ1) is 10.1. The normalized spacial score (nSPS) is 9.95. The molecule has 0 spiro atoms. The number of hydrogen-bond acceptors (Lipinski definition) is 5. The average molecular weight is 344 g/mol. The van der Waals surface area contributed by atoms with Crippen LogP contribution in [0.15, 0.2) is 29.1 Å². The van der Waals surface area contributed by atoms with E-state index in [4.69, 9.17) is 27.4 Å². The molecule has 0 unspecified atom stereocenters. The van der Waals surface area contributed by atoms with E-state index >= 15 is 0 Å². The standard InChI is InChI=1S/C14H17N3O3S.ClH/c1-19-9-3-4-10(12(7-9)20-2)11-8-13(18)16-14(21)17(11)6-5-15;/h3-4,7-8H,5-6,15H2,1-2H3,(H,16,18,21);1H. The second-order valence-corrected chi connectivity index (χ2v) is 4.72. The van der Waals surface area contributed by atoms with Crippen molar-refractivity contribution in [2.24, 2.45) is 5.73 Å². The van der Waals surface area contributed by atoms with Gasteiger partial charge in [-0.15, -0.1) is 12.4 Å². The number of H-pyrrole nitrogens is 1. The molecule has 8 heteroatoms.